The maximum Gasteiger partial charge on any atom is 0.439 e. The maximum absolute atomic E-state index is 11.4. The zero-order valence-electron chi connectivity index (χ0n) is 21.4. The molecule has 1 aromatic carbocycles. The molecule has 0 unspecified atom stereocenters. The van der Waals surface area contributed by atoms with Crippen LogP contribution in [0.2, 0.25) is 18.1 Å². The van der Waals surface area contributed by atoms with Crippen molar-refractivity contribution in [2.45, 2.75) is 52.0 Å². The minimum Gasteiger partial charge on any atom is -0.497 e. The third-order valence-electron chi connectivity index (χ3n) is 6.32. The number of benzene rings is 1. The maximum atomic E-state index is 11.4. The average Bonchev–Trinajstić information content (AvgIpc) is 3.21. The Kier molecular flexibility index (Phi) is 9.35. The van der Waals surface area contributed by atoms with Gasteiger partial charge in [0.15, 0.2) is 14.5 Å². The molecule has 1 aromatic heterocycles. The largest absolute Gasteiger partial charge is 0.497 e. The second-order valence-electron chi connectivity index (χ2n) is 9.67. The summed E-state index contributed by atoms with van der Waals surface area (Å²) >= 11 is 0. The van der Waals surface area contributed by atoms with E-state index in [1.807, 2.05) is 12.1 Å². The van der Waals surface area contributed by atoms with Crippen LogP contribution in [0.25, 0.3) is 0 Å². The van der Waals surface area contributed by atoms with Gasteiger partial charge < -0.3 is 34.1 Å². The van der Waals surface area contributed by atoms with Crippen LogP contribution in [0.3, 0.4) is 0 Å². The topological polar surface area (TPSA) is 135 Å². The predicted molar refractivity (Wildman–Crippen MR) is 134 cm³/mol. The van der Waals surface area contributed by atoms with Gasteiger partial charge >= 0.3 is 11.8 Å². The van der Waals surface area contributed by atoms with Crippen LogP contribution in [0.4, 0.5) is 11.8 Å². The Bertz CT molecular complexity index is 1040. The molecule has 2 aromatic rings. The highest BCUT2D eigenvalue weighted by Crippen LogP contribution is 2.36. The van der Waals surface area contributed by atoms with Crippen LogP contribution in [-0.4, -0.2) is 66.5 Å². The highest BCUT2D eigenvalue weighted by molar-refractivity contribution is 6.74. The van der Waals surface area contributed by atoms with Crippen molar-refractivity contribution in [1.29, 1.82) is 0 Å². The Morgan fingerprint density at radius 2 is 1.77 bits per heavy atom. The molecule has 0 amide bonds. The summed E-state index contributed by atoms with van der Waals surface area (Å²) < 4.78 is 18.3. The first-order chi connectivity index (χ1) is 16.3. The SMILES string of the molecule is COc1ccc(CN(CCO[Si](C)(C)C(C)(C)C)CCn2cc([N+](=O)[O-])nc2[N+](=O)[O-])c(OC)c1. The molecule has 194 valence electrons. The van der Waals surface area contributed by atoms with Gasteiger partial charge in [0.1, 0.15) is 11.5 Å². The molecule has 0 aliphatic heterocycles. The Hall–Kier alpha value is -3.03. The van der Waals surface area contributed by atoms with Crippen molar-refractivity contribution in [2.24, 2.45) is 0 Å². The van der Waals surface area contributed by atoms with Gasteiger partial charge in [0.05, 0.1) is 20.8 Å². The summed E-state index contributed by atoms with van der Waals surface area (Å²) in [5.41, 5.74) is 0.909. The van der Waals surface area contributed by atoms with Gasteiger partial charge in [-0.1, -0.05) is 26.8 Å². The quantitative estimate of drug-likeness (QED) is 0.221. The van der Waals surface area contributed by atoms with Crippen LogP contribution in [0.1, 0.15) is 26.3 Å². The summed E-state index contributed by atoms with van der Waals surface area (Å²) in [6, 6.07) is 5.54. The predicted octanol–water partition coefficient (Wildman–Crippen LogP) is 4.24. The van der Waals surface area contributed by atoms with Crippen molar-refractivity contribution >= 4 is 20.1 Å². The van der Waals surface area contributed by atoms with E-state index in [0.717, 1.165) is 11.8 Å². The highest BCUT2D eigenvalue weighted by atomic mass is 28.4. The number of imidazole rings is 1. The molecule has 12 nitrogen and oxygen atoms in total. The first kappa shape index (κ1) is 28.2. The second kappa shape index (κ2) is 11.6. The van der Waals surface area contributed by atoms with E-state index in [9.17, 15) is 20.2 Å². The molecule has 13 heteroatoms. The summed E-state index contributed by atoms with van der Waals surface area (Å²) in [7, 11) is 1.20. The normalized spacial score (nSPS) is 12.1. The van der Waals surface area contributed by atoms with E-state index in [0.29, 0.717) is 37.7 Å². The van der Waals surface area contributed by atoms with Gasteiger partial charge in [0.25, 0.3) is 0 Å². The molecule has 0 radical (unpaired) electrons. The van der Waals surface area contributed by atoms with Crippen LogP contribution in [-0.2, 0) is 17.5 Å². The van der Waals surface area contributed by atoms with Crippen LogP contribution >= 0.6 is 0 Å². The summed E-state index contributed by atoms with van der Waals surface area (Å²) in [4.78, 5) is 26.6. The monoisotopic (exact) mass is 509 g/mol. The smallest absolute Gasteiger partial charge is 0.439 e. The number of aromatic nitrogens is 2. The van der Waals surface area contributed by atoms with Gasteiger partial charge in [0.2, 0.25) is 0 Å². The van der Waals surface area contributed by atoms with Gasteiger partial charge in [-0.15, -0.1) is 0 Å². The summed E-state index contributed by atoms with van der Waals surface area (Å²) in [5, 5.41) is 22.5. The minimum atomic E-state index is -1.96. The number of methoxy groups -OCH3 is 2. The first-order valence-corrected chi connectivity index (χ1v) is 14.1. The molecule has 0 bridgehead atoms. The summed E-state index contributed by atoms with van der Waals surface area (Å²) in [6.07, 6.45) is 1.09. The molecule has 0 atom stereocenters. The lowest BCUT2D eigenvalue weighted by Crippen LogP contribution is -2.43. The van der Waals surface area contributed by atoms with Crippen molar-refractivity contribution in [3.8, 4) is 11.5 Å². The standard InChI is InChI=1S/C22H35N5O7Si/c1-22(2,3)35(6,7)34-13-12-24(15-17-8-9-18(32-4)14-19(17)33-5)10-11-25-16-20(26(28)29)23-21(25)27(30)31/h8-9,14,16H,10-13,15H2,1-7H3. The van der Waals surface area contributed by atoms with Crippen molar-refractivity contribution < 1.29 is 23.7 Å². The van der Waals surface area contributed by atoms with Crippen molar-refractivity contribution in [3.63, 3.8) is 0 Å². The van der Waals surface area contributed by atoms with Crippen molar-refractivity contribution in [1.82, 2.24) is 14.5 Å². The van der Waals surface area contributed by atoms with Crippen molar-refractivity contribution in [2.75, 3.05) is 33.9 Å². The lowest BCUT2D eigenvalue weighted by atomic mass is 10.1. The van der Waals surface area contributed by atoms with E-state index < -0.39 is 29.9 Å². The lowest BCUT2D eigenvalue weighted by Gasteiger charge is -2.36. The Morgan fingerprint density at radius 1 is 1.09 bits per heavy atom. The van der Waals surface area contributed by atoms with Gasteiger partial charge in [-0.2, -0.15) is 0 Å². The van der Waals surface area contributed by atoms with Gasteiger partial charge in [-0.25, -0.2) is 4.57 Å². The molecule has 0 saturated carbocycles. The molecule has 0 saturated heterocycles. The van der Waals surface area contributed by atoms with E-state index >= 15 is 0 Å². The van der Waals surface area contributed by atoms with E-state index in [1.54, 1.807) is 20.3 Å². The fourth-order valence-corrected chi connectivity index (χ4v) is 4.21. The lowest BCUT2D eigenvalue weighted by molar-refractivity contribution is -0.403. The van der Waals surface area contributed by atoms with Crippen molar-refractivity contribution in [3.05, 3.63) is 50.2 Å². The Morgan fingerprint density at radius 3 is 2.31 bits per heavy atom. The number of hydrogen-bond donors (Lipinski definition) is 0. The van der Waals surface area contributed by atoms with E-state index in [1.165, 1.54) is 4.57 Å². The van der Waals surface area contributed by atoms with Crippen LogP contribution in [0, 0.1) is 20.2 Å². The fourth-order valence-electron chi connectivity index (χ4n) is 3.18. The Balaban J connectivity index is 2.24. The number of nitro groups is 2. The third kappa shape index (κ3) is 7.47. The average molecular weight is 510 g/mol. The molecular formula is C22H35N5O7Si. The zero-order chi connectivity index (χ0) is 26.4. The second-order valence-corrected chi connectivity index (χ2v) is 14.5. The van der Waals surface area contributed by atoms with E-state index in [2.05, 4.69) is 43.7 Å². The third-order valence-corrected chi connectivity index (χ3v) is 10.9. The number of ether oxygens (including phenoxy) is 2. The minimum absolute atomic E-state index is 0.0629. The van der Waals surface area contributed by atoms with Crippen LogP contribution < -0.4 is 9.47 Å². The van der Waals surface area contributed by atoms with Crippen LogP contribution in [0.5, 0.6) is 11.5 Å². The highest BCUT2D eigenvalue weighted by Gasteiger charge is 2.37. The number of nitrogens with zero attached hydrogens (tertiary/aromatic N) is 5. The molecule has 0 aliphatic rings. The van der Waals surface area contributed by atoms with E-state index in [4.69, 9.17) is 13.9 Å². The van der Waals surface area contributed by atoms with Gasteiger partial charge in [0, 0.05) is 37.9 Å². The van der Waals surface area contributed by atoms with Crippen LogP contribution in [0.15, 0.2) is 24.4 Å². The number of rotatable bonds is 13. The van der Waals surface area contributed by atoms with Gasteiger partial charge in [-0.05, 0) is 39.0 Å². The molecule has 0 spiro atoms. The van der Waals surface area contributed by atoms with Gasteiger partial charge in [-0.3, -0.25) is 4.90 Å². The zero-order valence-corrected chi connectivity index (χ0v) is 22.4. The molecular weight excluding hydrogens is 474 g/mol. The summed E-state index contributed by atoms with van der Waals surface area (Å²) in [5.74, 6) is 0.209. The molecule has 0 aliphatic carbocycles. The number of hydrogen-bond acceptors (Lipinski definition) is 9. The Labute approximate surface area is 206 Å². The molecule has 0 N–H and O–H groups in total. The molecule has 0 fully saturated rings. The first-order valence-electron chi connectivity index (χ1n) is 11.2. The molecule has 35 heavy (non-hydrogen) atoms. The van der Waals surface area contributed by atoms with E-state index in [-0.39, 0.29) is 11.6 Å². The fraction of sp³-hybridized carbons (Fsp3) is 0.591. The summed E-state index contributed by atoms with van der Waals surface area (Å²) in [6.45, 7) is 12.9. The molecule has 2 rings (SSSR count). The molecule has 1 heterocycles.